The Kier molecular flexibility index (Phi) is 5.46. The minimum atomic E-state index is 0.0569. The zero-order valence-corrected chi connectivity index (χ0v) is 16.4. The Morgan fingerprint density at radius 3 is 2.97 bits per heavy atom. The number of benzene rings is 1. The zero-order valence-electron chi connectivity index (χ0n) is 16.4. The van der Waals surface area contributed by atoms with Crippen molar-refractivity contribution in [3.63, 3.8) is 0 Å². The van der Waals surface area contributed by atoms with Crippen LogP contribution in [-0.4, -0.2) is 50.0 Å². The van der Waals surface area contributed by atoms with E-state index < -0.39 is 0 Å². The van der Waals surface area contributed by atoms with E-state index in [9.17, 15) is 9.90 Å². The maximum atomic E-state index is 12.2. The molecule has 3 aromatic rings. The standard InChI is InChI=1S/C22H25N5O2/c1-2-4-19(29)27-10-3-5-17(13-27)26-22-20-16(12-23-21(20)24-14-25-22)11-15-6-8-18(28)9-7-15/h2,4,6-9,12,14,17,28H,3,5,10-11,13H2,1H3,(H2,23,24,25,26)/b4-2+/t17-/m1/s1. The van der Waals surface area contributed by atoms with Crippen LogP contribution in [0.25, 0.3) is 11.0 Å². The van der Waals surface area contributed by atoms with Gasteiger partial charge < -0.3 is 20.3 Å². The molecule has 1 aliphatic heterocycles. The number of phenols is 1. The van der Waals surface area contributed by atoms with E-state index in [1.807, 2.05) is 30.2 Å². The highest BCUT2D eigenvalue weighted by Crippen LogP contribution is 2.27. The fraction of sp³-hybridized carbons (Fsp3) is 0.318. The van der Waals surface area contributed by atoms with Crippen molar-refractivity contribution < 1.29 is 9.90 Å². The van der Waals surface area contributed by atoms with E-state index in [-0.39, 0.29) is 17.7 Å². The number of carbonyl (C=O) groups is 1. The number of nitrogens with zero attached hydrogens (tertiary/aromatic N) is 3. The molecule has 1 amide bonds. The number of anilines is 1. The molecule has 1 aliphatic rings. The summed E-state index contributed by atoms with van der Waals surface area (Å²) in [7, 11) is 0. The van der Waals surface area contributed by atoms with Crippen LogP contribution < -0.4 is 5.32 Å². The normalized spacial score (nSPS) is 17.1. The Morgan fingerprint density at radius 2 is 2.17 bits per heavy atom. The van der Waals surface area contributed by atoms with Crippen LogP contribution >= 0.6 is 0 Å². The zero-order chi connectivity index (χ0) is 20.2. The molecule has 3 heterocycles. The molecule has 0 aliphatic carbocycles. The van der Waals surface area contributed by atoms with Gasteiger partial charge in [-0.2, -0.15) is 0 Å². The number of piperidine rings is 1. The van der Waals surface area contributed by atoms with Gasteiger partial charge in [-0.15, -0.1) is 0 Å². The lowest BCUT2D eigenvalue weighted by Crippen LogP contribution is -2.44. The fourth-order valence-electron chi connectivity index (χ4n) is 3.85. The molecule has 7 nitrogen and oxygen atoms in total. The van der Waals surface area contributed by atoms with E-state index in [0.717, 1.165) is 47.4 Å². The van der Waals surface area contributed by atoms with E-state index in [1.54, 1.807) is 30.6 Å². The summed E-state index contributed by atoms with van der Waals surface area (Å²) in [6.07, 6.45) is 9.57. The monoisotopic (exact) mass is 391 g/mol. The third-order valence-corrected chi connectivity index (χ3v) is 5.27. The molecule has 150 valence electrons. The average Bonchev–Trinajstić information content (AvgIpc) is 3.14. The Balaban J connectivity index is 1.56. The molecule has 1 fully saturated rings. The minimum absolute atomic E-state index is 0.0569. The Labute approximate surface area is 169 Å². The van der Waals surface area contributed by atoms with Crippen molar-refractivity contribution in [1.29, 1.82) is 0 Å². The molecule has 29 heavy (non-hydrogen) atoms. The molecule has 0 saturated carbocycles. The maximum absolute atomic E-state index is 12.2. The third kappa shape index (κ3) is 4.23. The van der Waals surface area contributed by atoms with Crippen molar-refractivity contribution in [2.24, 2.45) is 0 Å². The number of aromatic hydroxyl groups is 1. The number of amides is 1. The lowest BCUT2D eigenvalue weighted by molar-refractivity contribution is -0.127. The highest BCUT2D eigenvalue weighted by atomic mass is 16.3. The van der Waals surface area contributed by atoms with Gasteiger partial charge in [0.25, 0.3) is 0 Å². The Morgan fingerprint density at radius 1 is 1.34 bits per heavy atom. The predicted octanol–water partition coefficient (Wildman–Crippen LogP) is 3.23. The number of hydrogen-bond donors (Lipinski definition) is 3. The number of allylic oxidation sites excluding steroid dienone is 1. The number of hydrogen-bond acceptors (Lipinski definition) is 5. The Bertz CT molecular complexity index is 1030. The van der Waals surface area contributed by atoms with Gasteiger partial charge in [0.15, 0.2) is 0 Å². The number of likely N-dealkylation sites (tertiary alicyclic amines) is 1. The first-order chi connectivity index (χ1) is 14.1. The van der Waals surface area contributed by atoms with E-state index in [4.69, 9.17) is 0 Å². The van der Waals surface area contributed by atoms with E-state index >= 15 is 0 Å². The first-order valence-corrected chi connectivity index (χ1v) is 9.91. The molecule has 3 N–H and O–H groups in total. The molecule has 2 aromatic heterocycles. The topological polar surface area (TPSA) is 94.1 Å². The lowest BCUT2D eigenvalue weighted by atomic mass is 10.0. The van der Waals surface area contributed by atoms with Gasteiger partial charge in [-0.25, -0.2) is 9.97 Å². The second-order valence-corrected chi connectivity index (χ2v) is 7.37. The Hall–Kier alpha value is -3.35. The first-order valence-electron chi connectivity index (χ1n) is 9.91. The van der Waals surface area contributed by atoms with Crippen molar-refractivity contribution in [3.05, 3.63) is 60.1 Å². The van der Waals surface area contributed by atoms with Gasteiger partial charge in [0.05, 0.1) is 5.39 Å². The summed E-state index contributed by atoms with van der Waals surface area (Å²) in [6.45, 7) is 3.31. The molecule has 0 spiro atoms. The predicted molar refractivity (Wildman–Crippen MR) is 113 cm³/mol. The highest BCUT2D eigenvalue weighted by molar-refractivity contribution is 5.91. The summed E-state index contributed by atoms with van der Waals surface area (Å²) in [5.41, 5.74) is 2.97. The first kappa shape index (κ1) is 19.0. The van der Waals surface area contributed by atoms with Gasteiger partial charge in [0, 0.05) is 25.3 Å². The van der Waals surface area contributed by atoms with Gasteiger partial charge >= 0.3 is 0 Å². The second-order valence-electron chi connectivity index (χ2n) is 7.37. The molecular formula is C22H25N5O2. The van der Waals surface area contributed by atoms with Crippen LogP contribution in [0.15, 0.2) is 48.9 Å². The quantitative estimate of drug-likeness (QED) is 0.581. The average molecular weight is 391 g/mol. The molecule has 1 aromatic carbocycles. The molecule has 4 rings (SSSR count). The van der Waals surface area contributed by atoms with Crippen LogP contribution in [0, 0.1) is 0 Å². The summed E-state index contributed by atoms with van der Waals surface area (Å²) in [5.74, 6) is 1.10. The minimum Gasteiger partial charge on any atom is -0.508 e. The number of carbonyl (C=O) groups excluding carboxylic acids is 1. The number of phenolic OH excluding ortho intramolecular Hbond substituents is 1. The van der Waals surface area contributed by atoms with Crippen molar-refractivity contribution in [1.82, 2.24) is 19.9 Å². The molecule has 1 atom stereocenters. The van der Waals surface area contributed by atoms with Crippen LogP contribution in [0.4, 0.5) is 5.82 Å². The number of aromatic amines is 1. The van der Waals surface area contributed by atoms with Crippen LogP contribution in [0.5, 0.6) is 5.75 Å². The molecule has 0 unspecified atom stereocenters. The summed E-state index contributed by atoms with van der Waals surface area (Å²) < 4.78 is 0. The van der Waals surface area contributed by atoms with E-state index in [2.05, 4.69) is 20.3 Å². The number of H-pyrrole nitrogens is 1. The molecule has 0 radical (unpaired) electrons. The van der Waals surface area contributed by atoms with Crippen molar-refractivity contribution in [2.45, 2.75) is 32.2 Å². The smallest absolute Gasteiger partial charge is 0.246 e. The van der Waals surface area contributed by atoms with E-state index in [1.165, 1.54) is 0 Å². The summed E-state index contributed by atoms with van der Waals surface area (Å²) in [4.78, 5) is 26.2. The molecule has 0 bridgehead atoms. The maximum Gasteiger partial charge on any atom is 0.246 e. The van der Waals surface area contributed by atoms with Gasteiger partial charge in [-0.05, 0) is 55.5 Å². The summed E-state index contributed by atoms with van der Waals surface area (Å²) >= 11 is 0. The molecule has 1 saturated heterocycles. The third-order valence-electron chi connectivity index (χ3n) is 5.27. The van der Waals surface area contributed by atoms with Crippen molar-refractivity contribution in [2.75, 3.05) is 18.4 Å². The number of rotatable bonds is 5. The number of fused-ring (bicyclic) bond motifs is 1. The van der Waals surface area contributed by atoms with Crippen LogP contribution in [0.3, 0.4) is 0 Å². The van der Waals surface area contributed by atoms with Gasteiger partial charge in [0.1, 0.15) is 23.5 Å². The summed E-state index contributed by atoms with van der Waals surface area (Å²) in [5, 5.41) is 14.0. The fourth-order valence-corrected chi connectivity index (χ4v) is 3.85. The van der Waals surface area contributed by atoms with E-state index in [0.29, 0.717) is 13.0 Å². The highest BCUT2D eigenvalue weighted by Gasteiger charge is 2.23. The molecular weight excluding hydrogens is 366 g/mol. The molecule has 7 heteroatoms. The number of nitrogens with one attached hydrogen (secondary N) is 2. The van der Waals surface area contributed by atoms with Crippen LogP contribution in [-0.2, 0) is 11.2 Å². The summed E-state index contributed by atoms with van der Waals surface area (Å²) in [6, 6.07) is 7.36. The van der Waals surface area contributed by atoms with Gasteiger partial charge in [0.2, 0.25) is 5.91 Å². The number of aromatic nitrogens is 3. The van der Waals surface area contributed by atoms with Gasteiger partial charge in [-0.3, -0.25) is 4.79 Å². The SMILES string of the molecule is C/C=C/C(=O)N1CCC[C@@H](Nc2ncnc3[nH]cc(Cc4ccc(O)cc4)c23)C1. The lowest BCUT2D eigenvalue weighted by Gasteiger charge is -2.33. The van der Waals surface area contributed by atoms with Crippen LogP contribution in [0.2, 0.25) is 0 Å². The van der Waals surface area contributed by atoms with Gasteiger partial charge in [-0.1, -0.05) is 18.2 Å². The van der Waals surface area contributed by atoms with Crippen molar-refractivity contribution in [3.8, 4) is 5.75 Å². The van der Waals surface area contributed by atoms with Crippen LogP contribution in [0.1, 0.15) is 30.9 Å². The largest absolute Gasteiger partial charge is 0.508 e. The second kappa shape index (κ2) is 8.34. The van der Waals surface area contributed by atoms with Crippen molar-refractivity contribution >= 4 is 22.8 Å².